The van der Waals surface area contributed by atoms with Gasteiger partial charge in [-0.05, 0) is 0 Å². The van der Waals surface area contributed by atoms with Crippen molar-refractivity contribution in [1.29, 1.82) is 0 Å². The molecule has 0 spiro atoms. The first-order valence-corrected chi connectivity index (χ1v) is 5.26. The first-order chi connectivity index (χ1) is 7.24. The number of hydrogen-bond acceptors (Lipinski definition) is 0. The molecular weight excluding hydrogens is 442 g/mol. The summed E-state index contributed by atoms with van der Waals surface area (Å²) in [7, 11) is 4.09. The van der Waals surface area contributed by atoms with Crippen LogP contribution in [-0.4, -0.2) is 9.13 Å². The first-order valence-electron chi connectivity index (χ1n) is 5.26. The molecule has 0 aliphatic carbocycles. The Morgan fingerprint density at radius 3 is 1.53 bits per heavy atom. The second-order valence-electron chi connectivity index (χ2n) is 3.99. The normalized spacial score (nSPS) is 9.53. The summed E-state index contributed by atoms with van der Waals surface area (Å²) in [5, 5.41) is 0. The van der Waals surface area contributed by atoms with Gasteiger partial charge in [0, 0.05) is 6.42 Å². The second-order valence-corrected chi connectivity index (χ2v) is 3.99. The van der Waals surface area contributed by atoms with Gasteiger partial charge in [-0.1, -0.05) is 0 Å². The van der Waals surface area contributed by atoms with Gasteiger partial charge in [-0.25, -0.2) is 18.3 Å². The van der Waals surface area contributed by atoms with Crippen LogP contribution in [0.2, 0.25) is 0 Å². The second kappa shape index (κ2) is 8.06. The topological polar surface area (TPSA) is 17.6 Å². The SMILES string of the molecule is C[n+]1ccn(CCCn2cc[n+](C)c2)c1.[I-].[I-]. The fourth-order valence-corrected chi connectivity index (χ4v) is 1.70. The van der Waals surface area contributed by atoms with Gasteiger partial charge in [0.05, 0.1) is 27.2 Å². The van der Waals surface area contributed by atoms with Crippen molar-refractivity contribution in [1.82, 2.24) is 9.13 Å². The minimum atomic E-state index is 0. The summed E-state index contributed by atoms with van der Waals surface area (Å²) in [5.41, 5.74) is 0. The highest BCUT2D eigenvalue weighted by Gasteiger charge is 2.02. The number of rotatable bonds is 4. The Morgan fingerprint density at radius 1 is 0.824 bits per heavy atom. The van der Waals surface area contributed by atoms with Crippen LogP contribution in [0.4, 0.5) is 0 Å². The number of aromatic nitrogens is 4. The molecule has 0 aliphatic rings. The van der Waals surface area contributed by atoms with E-state index in [-0.39, 0.29) is 48.0 Å². The number of imidazole rings is 2. The summed E-state index contributed by atoms with van der Waals surface area (Å²) < 4.78 is 8.55. The molecule has 2 aromatic rings. The summed E-state index contributed by atoms with van der Waals surface area (Å²) >= 11 is 0. The first kappa shape index (κ1) is 16.9. The minimum absolute atomic E-state index is 0. The Kier molecular flexibility index (Phi) is 8.01. The summed E-state index contributed by atoms with van der Waals surface area (Å²) in [6, 6.07) is 0. The Labute approximate surface area is 136 Å². The van der Waals surface area contributed by atoms with Gasteiger partial charge in [0.15, 0.2) is 0 Å². The maximum Gasteiger partial charge on any atom is 0.243 e. The van der Waals surface area contributed by atoms with Crippen molar-refractivity contribution < 1.29 is 57.1 Å². The Morgan fingerprint density at radius 2 is 1.24 bits per heavy atom. The van der Waals surface area contributed by atoms with Crippen molar-refractivity contribution >= 4 is 0 Å². The zero-order valence-corrected chi connectivity index (χ0v) is 14.4. The summed E-state index contributed by atoms with van der Waals surface area (Å²) in [6.07, 6.45) is 13.7. The fraction of sp³-hybridized carbons (Fsp3) is 0.455. The molecule has 0 bridgehead atoms. The molecule has 0 aromatic carbocycles. The highest BCUT2D eigenvalue weighted by Crippen LogP contribution is 1.93. The van der Waals surface area contributed by atoms with E-state index in [9.17, 15) is 0 Å². The average Bonchev–Trinajstić information content (AvgIpc) is 2.76. The molecule has 6 heteroatoms. The van der Waals surface area contributed by atoms with Crippen LogP contribution in [0.3, 0.4) is 0 Å². The summed E-state index contributed by atoms with van der Waals surface area (Å²) in [5.74, 6) is 0. The maximum absolute atomic E-state index is 2.21. The molecular formula is C11H18I2N4. The quantitative estimate of drug-likeness (QED) is 0.320. The molecule has 0 saturated carbocycles. The lowest BCUT2D eigenvalue weighted by Crippen LogP contribution is -3.00. The van der Waals surface area contributed by atoms with Crippen LogP contribution in [0.5, 0.6) is 0 Å². The highest BCUT2D eigenvalue weighted by molar-refractivity contribution is 4.68. The van der Waals surface area contributed by atoms with E-state index in [1.165, 1.54) is 0 Å². The molecule has 2 aromatic heterocycles. The molecule has 0 unspecified atom stereocenters. The maximum atomic E-state index is 2.21. The summed E-state index contributed by atoms with van der Waals surface area (Å²) in [4.78, 5) is 0. The molecule has 0 atom stereocenters. The number of nitrogens with zero attached hydrogens (tertiary/aromatic N) is 4. The molecule has 4 nitrogen and oxygen atoms in total. The van der Waals surface area contributed by atoms with Crippen molar-refractivity contribution in [3.8, 4) is 0 Å². The van der Waals surface area contributed by atoms with Gasteiger partial charge in [0.1, 0.15) is 24.8 Å². The monoisotopic (exact) mass is 460 g/mol. The molecule has 2 rings (SSSR count). The lowest BCUT2D eigenvalue weighted by molar-refractivity contribution is -0.671. The van der Waals surface area contributed by atoms with Crippen LogP contribution >= 0.6 is 0 Å². The zero-order chi connectivity index (χ0) is 10.7. The summed E-state index contributed by atoms with van der Waals surface area (Å²) in [6.45, 7) is 2.14. The van der Waals surface area contributed by atoms with Crippen molar-refractivity contribution in [2.24, 2.45) is 14.1 Å². The molecule has 0 radical (unpaired) electrons. The van der Waals surface area contributed by atoms with Crippen LogP contribution in [0, 0.1) is 0 Å². The van der Waals surface area contributed by atoms with Crippen molar-refractivity contribution in [2.45, 2.75) is 19.5 Å². The third-order valence-electron chi connectivity index (χ3n) is 2.48. The smallest absolute Gasteiger partial charge is 0.243 e. The van der Waals surface area contributed by atoms with E-state index in [0.717, 1.165) is 19.5 Å². The Bertz CT molecular complexity index is 396. The van der Waals surface area contributed by atoms with E-state index >= 15 is 0 Å². The number of halogens is 2. The lowest BCUT2D eigenvalue weighted by atomic mass is 10.4. The van der Waals surface area contributed by atoms with Gasteiger partial charge in [0.2, 0.25) is 12.7 Å². The van der Waals surface area contributed by atoms with Crippen molar-refractivity contribution in [3.63, 3.8) is 0 Å². The predicted octanol–water partition coefficient (Wildman–Crippen LogP) is -5.96. The molecule has 0 aliphatic heterocycles. The van der Waals surface area contributed by atoms with Crippen LogP contribution < -0.4 is 57.1 Å². The van der Waals surface area contributed by atoms with Crippen LogP contribution in [0.15, 0.2) is 37.4 Å². The van der Waals surface area contributed by atoms with E-state index < -0.39 is 0 Å². The van der Waals surface area contributed by atoms with E-state index in [1.54, 1.807) is 0 Å². The molecule has 96 valence electrons. The average molecular weight is 460 g/mol. The number of aryl methyl sites for hydroxylation is 4. The van der Waals surface area contributed by atoms with Gasteiger partial charge in [0.25, 0.3) is 0 Å². The lowest BCUT2D eigenvalue weighted by Gasteiger charge is -1.94. The van der Waals surface area contributed by atoms with Gasteiger partial charge < -0.3 is 48.0 Å². The molecule has 2 heterocycles. The van der Waals surface area contributed by atoms with E-state index in [4.69, 9.17) is 0 Å². The molecule has 0 fully saturated rings. The third-order valence-corrected chi connectivity index (χ3v) is 2.48. The van der Waals surface area contributed by atoms with Gasteiger partial charge in [-0.3, -0.25) is 0 Å². The third kappa shape index (κ3) is 5.36. The van der Waals surface area contributed by atoms with Gasteiger partial charge in [-0.15, -0.1) is 0 Å². The molecule has 17 heavy (non-hydrogen) atoms. The van der Waals surface area contributed by atoms with E-state index in [2.05, 4.69) is 55.7 Å². The van der Waals surface area contributed by atoms with Crippen LogP contribution in [0.25, 0.3) is 0 Å². The highest BCUT2D eigenvalue weighted by atomic mass is 127. The molecule has 0 N–H and O–H groups in total. The Balaban J connectivity index is 0.00000128. The number of hydrogen-bond donors (Lipinski definition) is 0. The van der Waals surface area contributed by atoms with Gasteiger partial charge >= 0.3 is 0 Å². The predicted molar refractivity (Wildman–Crippen MR) is 55.8 cm³/mol. The zero-order valence-electron chi connectivity index (χ0n) is 10.1. The molecule has 0 saturated heterocycles. The van der Waals surface area contributed by atoms with Crippen LogP contribution in [-0.2, 0) is 27.2 Å². The van der Waals surface area contributed by atoms with Crippen molar-refractivity contribution in [3.05, 3.63) is 37.4 Å². The van der Waals surface area contributed by atoms with E-state index in [0.29, 0.717) is 0 Å². The fourth-order valence-electron chi connectivity index (χ4n) is 1.70. The standard InChI is InChI=1S/C11H18N4.2HI/c1-12-6-8-14(10-12)4-3-5-15-9-7-13(2)11-15;;/h6-11H,3-5H2,1-2H3;2*1H/q+2;;/p-2. The molecule has 0 amide bonds. The Hall–Kier alpha value is -0.120. The van der Waals surface area contributed by atoms with E-state index in [1.807, 2.05) is 14.1 Å². The largest absolute Gasteiger partial charge is 1.00 e. The minimum Gasteiger partial charge on any atom is -1.00 e. The van der Waals surface area contributed by atoms with Crippen molar-refractivity contribution in [2.75, 3.05) is 0 Å². The van der Waals surface area contributed by atoms with Gasteiger partial charge in [-0.2, -0.15) is 0 Å². The van der Waals surface area contributed by atoms with Crippen LogP contribution in [0.1, 0.15) is 6.42 Å².